The fraction of sp³-hybridized carbons (Fsp3) is 0.385. The van der Waals surface area contributed by atoms with Crippen LogP contribution in [0.5, 0.6) is 5.88 Å². The molecule has 0 aliphatic heterocycles. The first kappa shape index (κ1) is 12.6. The van der Waals surface area contributed by atoms with Crippen molar-refractivity contribution < 1.29 is 9.84 Å². The second kappa shape index (κ2) is 5.64. The van der Waals surface area contributed by atoms with E-state index in [4.69, 9.17) is 4.74 Å². The number of hydrogen-bond donors (Lipinski definition) is 1. The molecule has 0 saturated carbocycles. The largest absolute Gasteiger partial charge is 0.481 e. The first-order chi connectivity index (χ1) is 8.76. The average molecular weight is 247 g/mol. The van der Waals surface area contributed by atoms with Gasteiger partial charge in [-0.25, -0.2) is 9.97 Å². The van der Waals surface area contributed by atoms with Crippen molar-refractivity contribution in [1.29, 1.82) is 0 Å². The Balaban J connectivity index is 2.19. The van der Waals surface area contributed by atoms with Crippen LogP contribution in [0.4, 0.5) is 0 Å². The summed E-state index contributed by atoms with van der Waals surface area (Å²) in [4.78, 5) is 8.33. The number of aromatic nitrogens is 3. The van der Waals surface area contributed by atoms with Gasteiger partial charge in [0.05, 0.1) is 13.2 Å². The number of aryl methyl sites for hydroxylation is 1. The zero-order valence-electron chi connectivity index (χ0n) is 10.6. The van der Waals surface area contributed by atoms with Crippen LogP contribution in [0.1, 0.15) is 24.4 Å². The predicted octanol–water partition coefficient (Wildman–Crippen LogP) is 1.58. The van der Waals surface area contributed by atoms with E-state index in [0.29, 0.717) is 17.9 Å². The average Bonchev–Trinajstić information content (AvgIpc) is 2.85. The maximum Gasteiger partial charge on any atom is 0.218 e. The standard InChI is InChI=1S/C13H17N3O2/c1-3-16-8-7-14-12(16)9-11(17)10-5-4-6-15-13(10)18-2/h4-8,11,17H,3,9H2,1-2H3. The Hall–Kier alpha value is -1.88. The van der Waals surface area contributed by atoms with Gasteiger partial charge in [-0.15, -0.1) is 0 Å². The molecule has 0 spiro atoms. The van der Waals surface area contributed by atoms with Crippen molar-refractivity contribution in [2.24, 2.45) is 0 Å². The highest BCUT2D eigenvalue weighted by molar-refractivity contribution is 5.28. The van der Waals surface area contributed by atoms with E-state index in [0.717, 1.165) is 12.4 Å². The van der Waals surface area contributed by atoms with E-state index in [-0.39, 0.29) is 0 Å². The number of imidazole rings is 1. The third-order valence-electron chi connectivity index (χ3n) is 2.87. The van der Waals surface area contributed by atoms with Crippen LogP contribution in [0.25, 0.3) is 0 Å². The third-order valence-corrected chi connectivity index (χ3v) is 2.87. The van der Waals surface area contributed by atoms with E-state index in [9.17, 15) is 5.11 Å². The second-order valence-corrected chi connectivity index (χ2v) is 3.95. The first-order valence-electron chi connectivity index (χ1n) is 5.93. The minimum Gasteiger partial charge on any atom is -0.481 e. The van der Waals surface area contributed by atoms with E-state index in [2.05, 4.69) is 9.97 Å². The highest BCUT2D eigenvalue weighted by atomic mass is 16.5. The number of aliphatic hydroxyl groups excluding tert-OH is 1. The summed E-state index contributed by atoms with van der Waals surface area (Å²) < 4.78 is 7.15. The van der Waals surface area contributed by atoms with Gasteiger partial charge in [-0.05, 0) is 19.1 Å². The van der Waals surface area contributed by atoms with Gasteiger partial charge in [-0.2, -0.15) is 0 Å². The molecule has 18 heavy (non-hydrogen) atoms. The third kappa shape index (κ3) is 2.51. The summed E-state index contributed by atoms with van der Waals surface area (Å²) in [6, 6.07) is 3.60. The zero-order valence-corrected chi connectivity index (χ0v) is 10.6. The van der Waals surface area contributed by atoms with Crippen molar-refractivity contribution in [2.75, 3.05) is 7.11 Å². The lowest BCUT2D eigenvalue weighted by Gasteiger charge is -2.14. The molecule has 0 aliphatic rings. The number of methoxy groups -OCH3 is 1. The molecule has 2 rings (SSSR count). The number of ether oxygens (including phenoxy) is 1. The van der Waals surface area contributed by atoms with Crippen LogP contribution in [0, 0.1) is 0 Å². The molecule has 0 radical (unpaired) electrons. The topological polar surface area (TPSA) is 60.2 Å². The van der Waals surface area contributed by atoms with Gasteiger partial charge in [0.15, 0.2) is 0 Å². The fourth-order valence-electron chi connectivity index (χ4n) is 1.93. The monoisotopic (exact) mass is 247 g/mol. The molecule has 0 aromatic carbocycles. The highest BCUT2D eigenvalue weighted by Crippen LogP contribution is 2.24. The quantitative estimate of drug-likeness (QED) is 0.871. The molecule has 0 saturated heterocycles. The molecule has 1 unspecified atom stereocenters. The maximum absolute atomic E-state index is 10.3. The van der Waals surface area contributed by atoms with Crippen molar-refractivity contribution in [1.82, 2.24) is 14.5 Å². The summed E-state index contributed by atoms with van der Waals surface area (Å²) in [5.74, 6) is 1.32. The van der Waals surface area contributed by atoms with Crippen molar-refractivity contribution in [3.8, 4) is 5.88 Å². The zero-order chi connectivity index (χ0) is 13.0. The summed E-state index contributed by atoms with van der Waals surface area (Å²) in [6.07, 6.45) is 5.07. The lowest BCUT2D eigenvalue weighted by molar-refractivity contribution is 0.169. The number of aliphatic hydroxyl groups is 1. The summed E-state index contributed by atoms with van der Waals surface area (Å²) in [5, 5.41) is 10.3. The molecular weight excluding hydrogens is 230 g/mol. The second-order valence-electron chi connectivity index (χ2n) is 3.95. The molecule has 2 aromatic rings. The smallest absolute Gasteiger partial charge is 0.218 e. The van der Waals surface area contributed by atoms with Crippen LogP contribution in [0.3, 0.4) is 0 Å². The Morgan fingerprint density at radius 3 is 2.94 bits per heavy atom. The molecule has 5 heteroatoms. The predicted molar refractivity (Wildman–Crippen MR) is 67.4 cm³/mol. The minimum absolute atomic E-state index is 0.447. The van der Waals surface area contributed by atoms with Crippen molar-refractivity contribution >= 4 is 0 Å². The van der Waals surface area contributed by atoms with E-state index in [1.54, 1.807) is 25.6 Å². The first-order valence-corrected chi connectivity index (χ1v) is 5.93. The summed E-state index contributed by atoms with van der Waals surface area (Å²) in [6.45, 7) is 2.88. The van der Waals surface area contributed by atoms with Gasteiger partial charge < -0.3 is 14.4 Å². The Morgan fingerprint density at radius 1 is 1.39 bits per heavy atom. The van der Waals surface area contributed by atoms with E-state index >= 15 is 0 Å². The lowest BCUT2D eigenvalue weighted by Crippen LogP contribution is -2.09. The van der Waals surface area contributed by atoms with Crippen LogP contribution < -0.4 is 4.74 Å². The number of pyridine rings is 1. The molecule has 2 aromatic heterocycles. The van der Waals surface area contributed by atoms with Gasteiger partial charge in [0.2, 0.25) is 5.88 Å². The maximum atomic E-state index is 10.3. The molecule has 5 nitrogen and oxygen atoms in total. The van der Waals surface area contributed by atoms with Gasteiger partial charge in [0.25, 0.3) is 0 Å². The molecule has 1 N–H and O–H groups in total. The number of rotatable bonds is 5. The van der Waals surface area contributed by atoms with E-state index in [1.807, 2.05) is 23.8 Å². The SMILES string of the molecule is CCn1ccnc1CC(O)c1cccnc1OC. The molecular formula is C13H17N3O2. The lowest BCUT2D eigenvalue weighted by atomic mass is 10.1. The van der Waals surface area contributed by atoms with Gasteiger partial charge in [0.1, 0.15) is 5.82 Å². The molecule has 96 valence electrons. The van der Waals surface area contributed by atoms with Crippen LogP contribution in [0.15, 0.2) is 30.7 Å². The van der Waals surface area contributed by atoms with Crippen LogP contribution >= 0.6 is 0 Å². The van der Waals surface area contributed by atoms with Crippen LogP contribution in [0.2, 0.25) is 0 Å². The molecule has 0 aliphatic carbocycles. The number of hydrogen-bond acceptors (Lipinski definition) is 4. The van der Waals surface area contributed by atoms with Gasteiger partial charge >= 0.3 is 0 Å². The van der Waals surface area contributed by atoms with E-state index < -0.39 is 6.10 Å². The molecule has 2 heterocycles. The van der Waals surface area contributed by atoms with Gasteiger partial charge in [0, 0.05) is 37.1 Å². The normalized spacial score (nSPS) is 12.4. The van der Waals surface area contributed by atoms with E-state index in [1.165, 1.54) is 0 Å². The molecule has 0 bridgehead atoms. The van der Waals surface area contributed by atoms with Gasteiger partial charge in [-0.3, -0.25) is 0 Å². The fourth-order valence-corrected chi connectivity index (χ4v) is 1.93. The summed E-state index contributed by atoms with van der Waals surface area (Å²) in [7, 11) is 1.55. The van der Waals surface area contributed by atoms with Gasteiger partial charge in [-0.1, -0.05) is 0 Å². The summed E-state index contributed by atoms with van der Waals surface area (Å²) >= 11 is 0. The Labute approximate surface area is 106 Å². The van der Waals surface area contributed by atoms with Crippen molar-refractivity contribution in [3.05, 3.63) is 42.1 Å². The Kier molecular flexibility index (Phi) is 3.94. The molecule has 1 atom stereocenters. The number of nitrogens with zero attached hydrogens (tertiary/aromatic N) is 3. The Bertz CT molecular complexity index is 510. The molecule has 0 fully saturated rings. The Morgan fingerprint density at radius 2 is 2.22 bits per heavy atom. The van der Waals surface area contributed by atoms with Crippen LogP contribution in [-0.4, -0.2) is 26.8 Å². The molecule has 0 amide bonds. The van der Waals surface area contributed by atoms with Crippen LogP contribution in [-0.2, 0) is 13.0 Å². The van der Waals surface area contributed by atoms with Crippen molar-refractivity contribution in [3.63, 3.8) is 0 Å². The summed E-state index contributed by atoms with van der Waals surface area (Å²) in [5.41, 5.74) is 0.686. The highest BCUT2D eigenvalue weighted by Gasteiger charge is 2.16. The van der Waals surface area contributed by atoms with Crippen molar-refractivity contribution in [2.45, 2.75) is 26.0 Å². The minimum atomic E-state index is -0.665.